The monoisotopic (exact) mass is 436 g/mol. The first-order chi connectivity index (χ1) is 9.69. The Morgan fingerprint density at radius 1 is 1.33 bits per heavy atom. The number of rotatable bonds is 5. The zero-order valence-corrected chi connectivity index (χ0v) is 16.4. The van der Waals surface area contributed by atoms with Gasteiger partial charge >= 0.3 is 0 Å². The highest BCUT2D eigenvalue weighted by Gasteiger charge is 2.05. The summed E-state index contributed by atoms with van der Waals surface area (Å²) in [6.07, 6.45) is 0.983. The SMILES string of the molecule is CN=C(NCCc1sc(C)nc1C)NCc1ccsc1.I. The number of thiazole rings is 1. The van der Waals surface area contributed by atoms with Gasteiger partial charge in [0.05, 0.1) is 10.7 Å². The lowest BCUT2D eigenvalue weighted by Crippen LogP contribution is -2.37. The molecule has 0 fully saturated rings. The molecule has 116 valence electrons. The minimum Gasteiger partial charge on any atom is -0.356 e. The van der Waals surface area contributed by atoms with Crippen LogP contribution in [0.25, 0.3) is 0 Å². The summed E-state index contributed by atoms with van der Waals surface area (Å²) >= 11 is 3.49. The van der Waals surface area contributed by atoms with E-state index in [2.05, 4.69) is 51.3 Å². The molecule has 0 spiro atoms. The summed E-state index contributed by atoms with van der Waals surface area (Å²) in [6, 6.07) is 2.12. The van der Waals surface area contributed by atoms with Crippen LogP contribution in [0.3, 0.4) is 0 Å². The van der Waals surface area contributed by atoms with Crippen LogP contribution in [-0.4, -0.2) is 24.5 Å². The minimum absolute atomic E-state index is 0. The highest BCUT2D eigenvalue weighted by molar-refractivity contribution is 14.0. The van der Waals surface area contributed by atoms with Gasteiger partial charge in [-0.15, -0.1) is 35.3 Å². The van der Waals surface area contributed by atoms with E-state index in [0.717, 1.165) is 36.2 Å². The number of nitrogens with one attached hydrogen (secondary N) is 2. The lowest BCUT2D eigenvalue weighted by Gasteiger charge is -2.10. The van der Waals surface area contributed by atoms with Gasteiger partial charge in [-0.1, -0.05) is 0 Å². The molecule has 2 aromatic heterocycles. The van der Waals surface area contributed by atoms with Crippen LogP contribution in [0.4, 0.5) is 0 Å². The van der Waals surface area contributed by atoms with Crippen LogP contribution >= 0.6 is 46.7 Å². The average Bonchev–Trinajstić information content (AvgIpc) is 3.04. The van der Waals surface area contributed by atoms with Crippen LogP contribution in [0.1, 0.15) is 21.1 Å². The van der Waals surface area contributed by atoms with Crippen molar-refractivity contribution >= 4 is 52.6 Å². The Morgan fingerprint density at radius 3 is 2.71 bits per heavy atom. The number of hydrogen-bond donors (Lipinski definition) is 2. The Kier molecular flexibility index (Phi) is 8.20. The van der Waals surface area contributed by atoms with Crippen molar-refractivity contribution in [3.63, 3.8) is 0 Å². The Labute approximate surface area is 151 Å². The fourth-order valence-electron chi connectivity index (χ4n) is 1.90. The first-order valence-corrected chi connectivity index (χ1v) is 8.33. The summed E-state index contributed by atoms with van der Waals surface area (Å²) < 4.78 is 0. The summed E-state index contributed by atoms with van der Waals surface area (Å²) in [6.45, 7) is 5.80. The van der Waals surface area contributed by atoms with Crippen molar-refractivity contribution in [2.24, 2.45) is 4.99 Å². The van der Waals surface area contributed by atoms with E-state index in [-0.39, 0.29) is 24.0 Å². The highest BCUT2D eigenvalue weighted by Crippen LogP contribution is 2.16. The molecule has 0 saturated carbocycles. The van der Waals surface area contributed by atoms with Crippen molar-refractivity contribution in [1.82, 2.24) is 15.6 Å². The molecular weight excluding hydrogens is 415 g/mol. The predicted octanol–water partition coefficient (Wildman–Crippen LogP) is 3.35. The third kappa shape index (κ3) is 5.91. The molecule has 0 bridgehead atoms. The molecule has 0 unspecified atom stereocenters. The molecule has 0 radical (unpaired) electrons. The van der Waals surface area contributed by atoms with Gasteiger partial charge in [-0.25, -0.2) is 4.98 Å². The molecule has 2 rings (SSSR count). The Bertz CT molecular complexity index is 564. The molecule has 21 heavy (non-hydrogen) atoms. The molecule has 0 amide bonds. The van der Waals surface area contributed by atoms with E-state index in [0.29, 0.717) is 0 Å². The minimum atomic E-state index is 0. The fraction of sp³-hybridized carbons (Fsp3) is 0.429. The van der Waals surface area contributed by atoms with Crippen molar-refractivity contribution < 1.29 is 0 Å². The van der Waals surface area contributed by atoms with E-state index in [1.807, 2.05) is 0 Å². The number of aliphatic imine (C=N–C) groups is 1. The second-order valence-corrected chi connectivity index (χ2v) is 6.54. The molecular formula is C14H21IN4S2. The van der Waals surface area contributed by atoms with Crippen molar-refractivity contribution in [3.05, 3.63) is 38.0 Å². The first kappa shape index (κ1) is 18.4. The normalized spacial score (nSPS) is 11.1. The van der Waals surface area contributed by atoms with Crippen LogP contribution in [-0.2, 0) is 13.0 Å². The Hall–Kier alpha value is -0.670. The van der Waals surface area contributed by atoms with Gasteiger partial charge in [-0.2, -0.15) is 11.3 Å². The number of hydrogen-bond acceptors (Lipinski definition) is 4. The number of aryl methyl sites for hydroxylation is 2. The van der Waals surface area contributed by atoms with Crippen LogP contribution in [0.15, 0.2) is 21.8 Å². The number of aromatic nitrogens is 1. The fourth-order valence-corrected chi connectivity index (χ4v) is 3.50. The lowest BCUT2D eigenvalue weighted by molar-refractivity contribution is 0.797. The average molecular weight is 436 g/mol. The zero-order chi connectivity index (χ0) is 14.4. The molecule has 2 heterocycles. The van der Waals surface area contributed by atoms with Gasteiger partial charge < -0.3 is 10.6 Å². The van der Waals surface area contributed by atoms with Gasteiger partial charge in [0.15, 0.2) is 5.96 Å². The number of halogens is 1. The van der Waals surface area contributed by atoms with Crippen molar-refractivity contribution in [1.29, 1.82) is 0 Å². The summed E-state index contributed by atoms with van der Waals surface area (Å²) in [5.74, 6) is 0.843. The molecule has 0 aliphatic rings. The summed E-state index contributed by atoms with van der Waals surface area (Å²) in [7, 11) is 1.80. The molecule has 4 nitrogen and oxygen atoms in total. The van der Waals surface area contributed by atoms with E-state index >= 15 is 0 Å². The number of thiophene rings is 1. The number of nitrogens with zero attached hydrogens (tertiary/aromatic N) is 2. The maximum Gasteiger partial charge on any atom is 0.191 e. The maximum absolute atomic E-state index is 4.45. The van der Waals surface area contributed by atoms with E-state index in [1.54, 1.807) is 29.7 Å². The van der Waals surface area contributed by atoms with Crippen LogP contribution in [0.5, 0.6) is 0 Å². The largest absolute Gasteiger partial charge is 0.356 e. The van der Waals surface area contributed by atoms with Gasteiger partial charge in [0.1, 0.15) is 0 Å². The maximum atomic E-state index is 4.45. The van der Waals surface area contributed by atoms with Gasteiger partial charge in [-0.05, 0) is 36.2 Å². The zero-order valence-electron chi connectivity index (χ0n) is 12.5. The van der Waals surface area contributed by atoms with Gasteiger partial charge in [0, 0.05) is 31.4 Å². The van der Waals surface area contributed by atoms with Crippen molar-refractivity contribution in [2.45, 2.75) is 26.8 Å². The van der Waals surface area contributed by atoms with Crippen molar-refractivity contribution in [3.8, 4) is 0 Å². The van der Waals surface area contributed by atoms with Gasteiger partial charge in [0.2, 0.25) is 0 Å². The predicted molar refractivity (Wildman–Crippen MR) is 103 cm³/mol. The second-order valence-electron chi connectivity index (χ2n) is 4.48. The van der Waals surface area contributed by atoms with E-state index in [9.17, 15) is 0 Å². The Balaban J connectivity index is 0.00000220. The molecule has 2 aromatic rings. The van der Waals surface area contributed by atoms with E-state index in [1.165, 1.54) is 10.4 Å². The second kappa shape index (κ2) is 9.37. The van der Waals surface area contributed by atoms with Crippen LogP contribution < -0.4 is 10.6 Å². The molecule has 2 N–H and O–H groups in total. The molecule has 7 heteroatoms. The molecule has 0 aliphatic heterocycles. The summed E-state index contributed by atoms with van der Waals surface area (Å²) in [5, 5.41) is 12.0. The summed E-state index contributed by atoms with van der Waals surface area (Å²) in [4.78, 5) is 10.0. The Morgan fingerprint density at radius 2 is 2.14 bits per heavy atom. The quantitative estimate of drug-likeness (QED) is 0.430. The number of guanidine groups is 1. The highest BCUT2D eigenvalue weighted by atomic mass is 127. The van der Waals surface area contributed by atoms with Gasteiger partial charge in [0.25, 0.3) is 0 Å². The molecule has 0 aromatic carbocycles. The van der Waals surface area contributed by atoms with Crippen LogP contribution in [0.2, 0.25) is 0 Å². The van der Waals surface area contributed by atoms with Crippen LogP contribution in [0, 0.1) is 13.8 Å². The standard InChI is InChI=1S/C14H20N4S2.HI/c1-10-13(20-11(2)18-10)4-6-16-14(15-3)17-8-12-5-7-19-9-12;/h5,7,9H,4,6,8H2,1-3H3,(H2,15,16,17);1H. The first-order valence-electron chi connectivity index (χ1n) is 6.57. The van der Waals surface area contributed by atoms with Crippen molar-refractivity contribution in [2.75, 3.05) is 13.6 Å². The molecule has 0 saturated heterocycles. The lowest BCUT2D eigenvalue weighted by atomic mass is 10.3. The molecule has 0 aliphatic carbocycles. The smallest absolute Gasteiger partial charge is 0.191 e. The van der Waals surface area contributed by atoms with Gasteiger partial charge in [-0.3, -0.25) is 4.99 Å². The summed E-state index contributed by atoms with van der Waals surface area (Å²) in [5.41, 5.74) is 2.43. The van der Waals surface area contributed by atoms with E-state index in [4.69, 9.17) is 0 Å². The topological polar surface area (TPSA) is 49.3 Å². The molecule has 0 atom stereocenters. The third-order valence-corrected chi connectivity index (χ3v) is 4.77. The third-order valence-electron chi connectivity index (χ3n) is 2.91. The van der Waals surface area contributed by atoms with E-state index < -0.39 is 0 Å².